The van der Waals surface area contributed by atoms with E-state index in [4.69, 9.17) is 0 Å². The molecular formula is C9H11BrSZn. The number of benzene rings is 1. The Hall–Kier alpha value is 0.673. The molecule has 0 unspecified atom stereocenters. The van der Waals surface area contributed by atoms with Gasteiger partial charge in [-0.15, -0.1) is 4.90 Å². The Bertz CT molecular complexity index is 179. The Morgan fingerprint density at radius 3 is 2.50 bits per heavy atom. The van der Waals surface area contributed by atoms with E-state index in [1.165, 1.54) is 33.4 Å². The summed E-state index contributed by atoms with van der Waals surface area (Å²) in [4.78, 5) is 1.35. The van der Waals surface area contributed by atoms with Gasteiger partial charge in [-0.25, -0.2) is 0 Å². The molecule has 0 aliphatic carbocycles. The second-order valence-electron chi connectivity index (χ2n) is 2.08. The van der Waals surface area contributed by atoms with Gasteiger partial charge in [0.05, 0.1) is 0 Å². The van der Waals surface area contributed by atoms with Crippen molar-refractivity contribution in [2.45, 2.75) is 18.2 Å². The average Bonchev–Trinajstić information content (AvgIpc) is 2.19. The molecule has 0 saturated carbocycles. The average molecular weight is 297 g/mol. The maximum atomic E-state index is 3.06. The van der Waals surface area contributed by atoms with Crippen LogP contribution in [-0.2, 0) is 16.3 Å². The zero-order chi connectivity index (χ0) is 9.23. The Morgan fingerprint density at radius 2 is 2.00 bits per heavy atom. The van der Waals surface area contributed by atoms with Crippen molar-refractivity contribution in [2.24, 2.45) is 0 Å². The summed E-state index contributed by atoms with van der Waals surface area (Å²) in [6.07, 6.45) is 1.24. The summed E-state index contributed by atoms with van der Waals surface area (Å²) < 4.78 is 0. The molecule has 0 aromatic heterocycles. The zero-order valence-corrected chi connectivity index (χ0v) is 12.6. The third kappa shape index (κ3) is 6.22. The van der Waals surface area contributed by atoms with Gasteiger partial charge in [-0.05, 0) is 12.2 Å². The molecule has 0 aliphatic heterocycles. The summed E-state index contributed by atoms with van der Waals surface area (Å²) in [6, 6.07) is 11.1. The van der Waals surface area contributed by atoms with Crippen LogP contribution in [0.2, 0.25) is 0 Å². The molecule has 0 nitrogen and oxygen atoms in total. The first-order chi connectivity index (χ1) is 5.93. The summed E-state index contributed by atoms with van der Waals surface area (Å²) in [5, 5.41) is 0. The summed E-state index contributed by atoms with van der Waals surface area (Å²) >= 11 is 6.15. The third-order valence-corrected chi connectivity index (χ3v) is 2.38. The van der Waals surface area contributed by atoms with Gasteiger partial charge in [0.2, 0.25) is 0 Å². The van der Waals surface area contributed by atoms with E-state index in [0.717, 1.165) is 0 Å². The van der Waals surface area contributed by atoms with Crippen LogP contribution in [0, 0.1) is 6.07 Å². The van der Waals surface area contributed by atoms with Crippen LogP contribution in [0.4, 0.5) is 0 Å². The number of halogens is 1. The van der Waals surface area contributed by atoms with Crippen molar-refractivity contribution in [1.82, 2.24) is 0 Å². The first-order valence-corrected chi connectivity index (χ1v) is 11.7. The van der Waals surface area contributed by atoms with E-state index in [0.29, 0.717) is 0 Å². The predicted octanol–water partition coefficient (Wildman–Crippen LogP) is 3.83. The first kappa shape index (κ1) is 12.7. The number of hydrogen-bond donors (Lipinski definition) is 0. The molecule has 0 radical (unpaired) electrons. The molecule has 0 amide bonds. The van der Waals surface area contributed by atoms with Crippen LogP contribution in [0.15, 0.2) is 29.2 Å². The molecule has 0 aliphatic rings. The molecular weight excluding hydrogens is 285 g/mol. The van der Waals surface area contributed by atoms with Crippen LogP contribution < -0.4 is 0 Å². The van der Waals surface area contributed by atoms with E-state index in [1.807, 2.05) is 23.9 Å². The van der Waals surface area contributed by atoms with Gasteiger partial charge in [-0.2, -0.15) is 42.1 Å². The molecule has 1 rings (SSSR count). The molecule has 0 N–H and O–H groups in total. The number of rotatable bonds is 3. The van der Waals surface area contributed by atoms with Gasteiger partial charge in [0.15, 0.2) is 0 Å². The second-order valence-corrected chi connectivity index (χ2v) is 3.25. The van der Waals surface area contributed by atoms with Crippen LogP contribution in [0.25, 0.3) is 0 Å². The number of thioether (sulfide) groups is 1. The summed E-state index contributed by atoms with van der Waals surface area (Å²) in [5.41, 5.74) is 0. The SMILES string of the molecule is CCCSc1cc[c-]cc1.[Zn+][Br]. The van der Waals surface area contributed by atoms with Crippen molar-refractivity contribution >= 4 is 25.4 Å². The van der Waals surface area contributed by atoms with Gasteiger partial charge in [0.1, 0.15) is 0 Å². The standard InChI is InChI=1S/C9H11S.BrH.Zn/c1-2-8-10-9-6-4-3-5-7-9;;/h4-7H,2,8H2,1H3;1H;/q-1;;+2/p-1. The molecule has 62 valence electrons. The quantitative estimate of drug-likeness (QED) is 0.464. The van der Waals surface area contributed by atoms with Crippen molar-refractivity contribution in [2.75, 3.05) is 5.75 Å². The minimum atomic E-state index is 1.19. The van der Waals surface area contributed by atoms with Crippen LogP contribution in [0.3, 0.4) is 0 Å². The van der Waals surface area contributed by atoms with Gasteiger partial charge in [0, 0.05) is 0 Å². The topological polar surface area (TPSA) is 0 Å². The molecule has 3 heteroatoms. The van der Waals surface area contributed by atoms with E-state index in [9.17, 15) is 0 Å². The first-order valence-electron chi connectivity index (χ1n) is 3.79. The summed E-state index contributed by atoms with van der Waals surface area (Å²) in [6.45, 7) is 2.20. The molecule has 12 heavy (non-hydrogen) atoms. The van der Waals surface area contributed by atoms with Crippen LogP contribution >= 0.6 is 25.4 Å². The Balaban J connectivity index is 0.000000561. The van der Waals surface area contributed by atoms with Gasteiger partial charge in [-0.1, -0.05) is 6.92 Å². The number of hydrogen-bond acceptors (Lipinski definition) is 1. The Morgan fingerprint density at radius 1 is 1.42 bits per heavy atom. The fraction of sp³-hybridized carbons (Fsp3) is 0.333. The molecule has 0 atom stereocenters. The zero-order valence-electron chi connectivity index (χ0n) is 7.22. The molecule has 1 aromatic carbocycles. The van der Waals surface area contributed by atoms with E-state index < -0.39 is 0 Å². The Kier molecular flexibility index (Phi) is 10.3. The third-order valence-electron chi connectivity index (χ3n) is 1.16. The van der Waals surface area contributed by atoms with Gasteiger partial charge >= 0.3 is 30.0 Å². The maximum absolute atomic E-state index is 3.06. The van der Waals surface area contributed by atoms with E-state index >= 15 is 0 Å². The molecule has 0 fully saturated rings. The van der Waals surface area contributed by atoms with Crippen molar-refractivity contribution in [3.8, 4) is 0 Å². The second kappa shape index (κ2) is 9.76. The Labute approximate surface area is 95.6 Å². The summed E-state index contributed by atoms with van der Waals surface area (Å²) in [5.74, 6) is 1.21. The van der Waals surface area contributed by atoms with Crippen molar-refractivity contribution in [3.63, 3.8) is 0 Å². The van der Waals surface area contributed by atoms with Crippen molar-refractivity contribution in [3.05, 3.63) is 30.3 Å². The molecule has 0 heterocycles. The summed E-state index contributed by atoms with van der Waals surface area (Å²) in [7, 11) is 0. The monoisotopic (exact) mass is 294 g/mol. The molecule has 0 bridgehead atoms. The van der Waals surface area contributed by atoms with E-state index in [2.05, 4.69) is 38.7 Å². The van der Waals surface area contributed by atoms with E-state index in [-0.39, 0.29) is 0 Å². The minimum absolute atomic E-state index is 1.19. The molecule has 0 saturated heterocycles. The fourth-order valence-corrected chi connectivity index (χ4v) is 1.46. The van der Waals surface area contributed by atoms with Gasteiger partial charge in [-0.3, -0.25) is 0 Å². The van der Waals surface area contributed by atoms with Crippen LogP contribution in [0.1, 0.15) is 13.3 Å². The predicted molar refractivity (Wildman–Crippen MR) is 55.2 cm³/mol. The molecule has 1 aromatic rings. The fourth-order valence-electron chi connectivity index (χ4n) is 0.688. The van der Waals surface area contributed by atoms with Crippen LogP contribution in [-0.4, -0.2) is 5.75 Å². The van der Waals surface area contributed by atoms with Crippen molar-refractivity contribution in [1.29, 1.82) is 0 Å². The van der Waals surface area contributed by atoms with Gasteiger partial charge < -0.3 is 0 Å². The van der Waals surface area contributed by atoms with Crippen LogP contribution in [0.5, 0.6) is 0 Å². The normalized spacial score (nSPS) is 8.67. The van der Waals surface area contributed by atoms with Gasteiger partial charge in [0.25, 0.3) is 0 Å². The van der Waals surface area contributed by atoms with Crippen molar-refractivity contribution < 1.29 is 16.3 Å². The van der Waals surface area contributed by atoms with E-state index in [1.54, 1.807) is 0 Å². The molecule has 0 spiro atoms.